The molecule has 0 fully saturated rings. The van der Waals surface area contributed by atoms with E-state index in [1.807, 2.05) is 12.1 Å². The largest absolute Gasteiger partial charge is 0.478 e. The molecule has 0 aliphatic rings. The number of aryl methyl sites for hydroxylation is 1. The Hall–Kier alpha value is -2.73. The van der Waals surface area contributed by atoms with Crippen LogP contribution in [0.25, 0.3) is 0 Å². The van der Waals surface area contributed by atoms with E-state index in [9.17, 15) is 4.79 Å². The quantitative estimate of drug-likeness (QED) is 0.300. The van der Waals surface area contributed by atoms with Crippen molar-refractivity contribution in [2.24, 2.45) is 0 Å². The van der Waals surface area contributed by atoms with E-state index in [1.54, 1.807) is 12.1 Å². The highest BCUT2D eigenvalue weighted by molar-refractivity contribution is 5.87. The average molecular weight is 392 g/mol. The van der Waals surface area contributed by atoms with Crippen LogP contribution in [0.3, 0.4) is 0 Å². The van der Waals surface area contributed by atoms with Gasteiger partial charge in [-0.2, -0.15) is 0 Å². The van der Waals surface area contributed by atoms with Crippen molar-refractivity contribution in [3.05, 3.63) is 65.7 Å². The molecular weight excluding hydrogens is 358 g/mol. The Morgan fingerprint density at radius 2 is 1.38 bits per heavy atom. The van der Waals surface area contributed by atoms with E-state index >= 15 is 0 Å². The molecule has 0 unspecified atom stereocenters. The number of carboxylic acids is 1. The van der Waals surface area contributed by atoms with Crippen LogP contribution in [0.15, 0.2) is 54.6 Å². The summed E-state index contributed by atoms with van der Waals surface area (Å²) in [5.74, 6) is 5.75. The number of hydrogen-bond donors (Lipinski definition) is 2. The van der Waals surface area contributed by atoms with Crippen molar-refractivity contribution in [2.45, 2.75) is 64.2 Å². The number of nitrogens with one attached hydrogen (secondary N) is 1. The van der Waals surface area contributed by atoms with Crippen molar-refractivity contribution in [1.82, 2.24) is 0 Å². The van der Waals surface area contributed by atoms with Gasteiger partial charge in [-0.25, -0.2) is 4.79 Å². The first-order valence-corrected chi connectivity index (χ1v) is 10.8. The van der Waals surface area contributed by atoms with Gasteiger partial charge in [0.25, 0.3) is 0 Å². The van der Waals surface area contributed by atoms with E-state index in [0.717, 1.165) is 37.9 Å². The molecule has 2 rings (SSSR count). The average Bonchev–Trinajstić information content (AvgIpc) is 2.75. The van der Waals surface area contributed by atoms with Gasteiger partial charge in [-0.05, 0) is 61.9 Å². The number of carbonyl (C=O) groups is 1. The number of carboxylic acid groups (broad SMARTS) is 1. The van der Waals surface area contributed by atoms with Gasteiger partial charge in [0.1, 0.15) is 0 Å². The molecule has 3 nitrogen and oxygen atoms in total. The molecule has 0 aliphatic heterocycles. The van der Waals surface area contributed by atoms with Gasteiger partial charge in [0, 0.05) is 25.1 Å². The molecule has 0 heterocycles. The fraction of sp³-hybridized carbons (Fsp3) is 0.423. The first kappa shape index (κ1) is 22.6. The maximum Gasteiger partial charge on any atom is 0.335 e. The zero-order valence-corrected chi connectivity index (χ0v) is 17.3. The standard InChI is InChI=1S/C26H33NO2/c28-26(29)24-18-20-25(21-19-24)27-22-14-9-7-5-3-1-2-4-6-8-11-15-23-16-12-10-13-17-23/h10,12-13,16-21,27H,1,3,5-9,11,14-15,22H2,(H,28,29). The molecule has 0 radical (unpaired) electrons. The molecule has 0 spiro atoms. The zero-order chi connectivity index (χ0) is 20.6. The number of anilines is 1. The number of benzene rings is 2. The number of rotatable bonds is 13. The fourth-order valence-electron chi connectivity index (χ4n) is 3.20. The van der Waals surface area contributed by atoms with Crippen LogP contribution in [0.2, 0.25) is 0 Å². The number of unbranched alkanes of at least 4 members (excludes halogenated alkanes) is 7. The molecule has 0 bridgehead atoms. The summed E-state index contributed by atoms with van der Waals surface area (Å²) < 4.78 is 0. The lowest BCUT2D eigenvalue weighted by atomic mass is 10.1. The molecule has 2 aromatic rings. The molecular formula is C26H33NO2. The highest BCUT2D eigenvalue weighted by atomic mass is 16.4. The Labute approximate surface area is 175 Å². The maximum absolute atomic E-state index is 10.8. The van der Waals surface area contributed by atoms with Crippen LogP contribution in [0.1, 0.15) is 73.7 Å². The topological polar surface area (TPSA) is 49.3 Å². The summed E-state index contributed by atoms with van der Waals surface area (Å²) in [6.07, 6.45) is 11.6. The van der Waals surface area contributed by atoms with Gasteiger partial charge in [-0.3, -0.25) is 0 Å². The predicted octanol–water partition coefficient (Wildman–Crippen LogP) is 6.55. The minimum atomic E-state index is -0.885. The van der Waals surface area contributed by atoms with Crippen LogP contribution in [0.5, 0.6) is 0 Å². The van der Waals surface area contributed by atoms with Gasteiger partial charge in [-0.1, -0.05) is 49.6 Å². The van der Waals surface area contributed by atoms with E-state index in [0.29, 0.717) is 5.56 Å². The van der Waals surface area contributed by atoms with E-state index in [-0.39, 0.29) is 0 Å². The first-order chi connectivity index (χ1) is 14.3. The molecule has 0 amide bonds. The fourth-order valence-corrected chi connectivity index (χ4v) is 3.20. The monoisotopic (exact) mass is 391 g/mol. The van der Waals surface area contributed by atoms with Gasteiger partial charge in [0.2, 0.25) is 0 Å². The Morgan fingerprint density at radius 1 is 0.759 bits per heavy atom. The summed E-state index contributed by atoms with van der Waals surface area (Å²) in [4.78, 5) is 10.8. The van der Waals surface area contributed by atoms with Crippen LogP contribution < -0.4 is 5.32 Å². The van der Waals surface area contributed by atoms with Crippen molar-refractivity contribution in [1.29, 1.82) is 0 Å². The molecule has 0 saturated carbocycles. The minimum Gasteiger partial charge on any atom is -0.478 e. The van der Waals surface area contributed by atoms with Crippen molar-refractivity contribution >= 4 is 11.7 Å². The molecule has 0 aliphatic carbocycles. The third-order valence-electron chi connectivity index (χ3n) is 4.92. The Bertz CT molecular complexity index is 757. The summed E-state index contributed by atoms with van der Waals surface area (Å²) in [5, 5.41) is 12.2. The van der Waals surface area contributed by atoms with Crippen LogP contribution in [0, 0.1) is 11.8 Å². The maximum atomic E-state index is 10.8. The summed E-state index contributed by atoms with van der Waals surface area (Å²) >= 11 is 0. The van der Waals surface area contributed by atoms with Gasteiger partial charge in [0.15, 0.2) is 0 Å². The van der Waals surface area contributed by atoms with Gasteiger partial charge in [0.05, 0.1) is 5.56 Å². The van der Waals surface area contributed by atoms with Crippen LogP contribution in [-0.2, 0) is 6.42 Å². The molecule has 154 valence electrons. The van der Waals surface area contributed by atoms with Crippen LogP contribution in [0.4, 0.5) is 5.69 Å². The summed E-state index contributed by atoms with van der Waals surface area (Å²) in [6.45, 7) is 0.926. The van der Waals surface area contributed by atoms with E-state index < -0.39 is 5.97 Å². The summed E-state index contributed by atoms with van der Waals surface area (Å²) in [5.41, 5.74) is 2.73. The van der Waals surface area contributed by atoms with Gasteiger partial charge >= 0.3 is 5.97 Å². The van der Waals surface area contributed by atoms with E-state index in [4.69, 9.17) is 5.11 Å². The molecule has 29 heavy (non-hydrogen) atoms. The lowest BCUT2D eigenvalue weighted by molar-refractivity contribution is 0.0697. The molecule has 0 atom stereocenters. The van der Waals surface area contributed by atoms with Crippen molar-refractivity contribution < 1.29 is 9.90 Å². The first-order valence-electron chi connectivity index (χ1n) is 10.8. The Balaban J connectivity index is 1.38. The molecule has 3 heteroatoms. The molecule has 2 N–H and O–H groups in total. The normalized spacial score (nSPS) is 10.2. The second kappa shape index (κ2) is 14.3. The second-order valence-corrected chi connectivity index (χ2v) is 7.37. The van der Waals surface area contributed by atoms with Crippen molar-refractivity contribution in [3.63, 3.8) is 0 Å². The number of aromatic carboxylic acids is 1. The third kappa shape index (κ3) is 10.4. The van der Waals surface area contributed by atoms with E-state index in [1.165, 1.54) is 44.1 Å². The van der Waals surface area contributed by atoms with Crippen LogP contribution in [-0.4, -0.2) is 17.6 Å². The summed E-state index contributed by atoms with van der Waals surface area (Å²) in [6, 6.07) is 17.6. The summed E-state index contributed by atoms with van der Waals surface area (Å²) in [7, 11) is 0. The van der Waals surface area contributed by atoms with E-state index in [2.05, 4.69) is 47.5 Å². The van der Waals surface area contributed by atoms with Crippen LogP contribution >= 0.6 is 0 Å². The van der Waals surface area contributed by atoms with Gasteiger partial charge in [-0.15, -0.1) is 11.8 Å². The van der Waals surface area contributed by atoms with Crippen molar-refractivity contribution in [3.8, 4) is 11.8 Å². The SMILES string of the molecule is O=C(O)c1ccc(NCCCCCCCC#CCCCCc2ccccc2)cc1. The molecule has 2 aromatic carbocycles. The Morgan fingerprint density at radius 3 is 2.07 bits per heavy atom. The predicted molar refractivity (Wildman–Crippen MR) is 121 cm³/mol. The lowest BCUT2D eigenvalue weighted by Gasteiger charge is -2.06. The van der Waals surface area contributed by atoms with Crippen molar-refractivity contribution in [2.75, 3.05) is 11.9 Å². The Kier molecular flexibility index (Phi) is 11.1. The highest BCUT2D eigenvalue weighted by Crippen LogP contribution is 2.11. The lowest BCUT2D eigenvalue weighted by Crippen LogP contribution is -2.02. The second-order valence-electron chi connectivity index (χ2n) is 7.37. The number of hydrogen-bond acceptors (Lipinski definition) is 2. The smallest absolute Gasteiger partial charge is 0.335 e. The molecule has 0 aromatic heterocycles. The highest BCUT2D eigenvalue weighted by Gasteiger charge is 2.01. The zero-order valence-electron chi connectivity index (χ0n) is 17.3. The third-order valence-corrected chi connectivity index (χ3v) is 4.92. The van der Waals surface area contributed by atoms with Gasteiger partial charge < -0.3 is 10.4 Å². The molecule has 0 saturated heterocycles. The minimum absolute atomic E-state index is 0.325.